The first-order chi connectivity index (χ1) is 9.77. The lowest BCUT2D eigenvalue weighted by molar-refractivity contribution is -0.138. The molecule has 1 aromatic rings. The van der Waals surface area contributed by atoms with E-state index < -0.39 is 17.2 Å². The van der Waals surface area contributed by atoms with Gasteiger partial charge < -0.3 is 15.7 Å². The van der Waals surface area contributed by atoms with Gasteiger partial charge in [0.25, 0.3) is 0 Å². The summed E-state index contributed by atoms with van der Waals surface area (Å²) in [6, 6.07) is 5.58. The zero-order valence-electron chi connectivity index (χ0n) is 12.8. The molecule has 3 N–H and O–H groups in total. The second-order valence-electron chi connectivity index (χ2n) is 6.74. The second-order valence-corrected chi connectivity index (χ2v) is 6.74. The molecule has 1 amide bonds. The zero-order valence-corrected chi connectivity index (χ0v) is 13.6. The van der Waals surface area contributed by atoms with Crippen LogP contribution >= 0.6 is 12.4 Å². The molecule has 2 aliphatic heterocycles. The Morgan fingerprint density at radius 2 is 2.05 bits per heavy atom. The van der Waals surface area contributed by atoms with Crippen molar-refractivity contribution in [2.24, 2.45) is 5.73 Å². The first kappa shape index (κ1) is 17.2. The lowest BCUT2D eigenvalue weighted by atomic mass is 9.84. The Kier molecular flexibility index (Phi) is 4.28. The van der Waals surface area contributed by atoms with E-state index in [0.29, 0.717) is 24.8 Å². The minimum atomic E-state index is -1.03. The minimum absolute atomic E-state index is 0. The zero-order chi connectivity index (χ0) is 15.4. The average molecular weight is 329 g/mol. The summed E-state index contributed by atoms with van der Waals surface area (Å²) >= 11 is 0. The van der Waals surface area contributed by atoms with E-state index in [-0.39, 0.29) is 30.2 Å². The van der Waals surface area contributed by atoms with E-state index >= 15 is 0 Å². The Morgan fingerprint density at radius 1 is 1.41 bits per heavy atom. The Morgan fingerprint density at radius 3 is 2.64 bits per heavy atom. The number of aliphatic hydroxyl groups is 1. The van der Waals surface area contributed by atoms with Crippen molar-refractivity contribution < 1.29 is 14.3 Å². The van der Waals surface area contributed by atoms with Gasteiger partial charge in [-0.25, -0.2) is 4.39 Å². The van der Waals surface area contributed by atoms with E-state index in [2.05, 4.69) is 0 Å². The van der Waals surface area contributed by atoms with Crippen molar-refractivity contribution in [1.82, 2.24) is 4.90 Å². The van der Waals surface area contributed by atoms with Crippen molar-refractivity contribution in [3.63, 3.8) is 0 Å². The van der Waals surface area contributed by atoms with Crippen LogP contribution in [0.25, 0.3) is 0 Å². The summed E-state index contributed by atoms with van der Waals surface area (Å²) in [4.78, 5) is 14.1. The van der Waals surface area contributed by atoms with Crippen LogP contribution in [-0.2, 0) is 10.3 Å². The molecule has 2 saturated heterocycles. The van der Waals surface area contributed by atoms with Gasteiger partial charge in [0.05, 0.1) is 23.2 Å². The standard InChI is InChI=1S/C16H21FN2O2.ClH/c1-15(2,21)13-7-8-16(9-12(18)14(20)19(13)16)10-5-3-4-6-11(10)17;/h3-6,12-13,21H,7-9,18H2,1-2H3;1H/t12-,13+,16+;/m0./s1. The van der Waals surface area contributed by atoms with Crippen molar-refractivity contribution in [3.8, 4) is 0 Å². The predicted octanol–water partition coefficient (Wildman–Crippen LogP) is 1.94. The second kappa shape index (κ2) is 5.48. The van der Waals surface area contributed by atoms with E-state index in [4.69, 9.17) is 5.73 Å². The number of amides is 1. The highest BCUT2D eigenvalue weighted by atomic mass is 35.5. The highest BCUT2D eigenvalue weighted by Crippen LogP contribution is 2.52. The van der Waals surface area contributed by atoms with Gasteiger partial charge in [0.15, 0.2) is 0 Å². The van der Waals surface area contributed by atoms with Crippen molar-refractivity contribution in [1.29, 1.82) is 0 Å². The number of carbonyl (C=O) groups is 1. The SMILES string of the molecule is CC(C)(O)[C@H]1CC[C@]2(c3ccccc3F)C[C@H](N)C(=O)N12.Cl. The summed E-state index contributed by atoms with van der Waals surface area (Å²) in [6.45, 7) is 3.37. The molecule has 1 aromatic carbocycles. The number of carbonyl (C=O) groups excluding carboxylic acids is 1. The maximum Gasteiger partial charge on any atom is 0.240 e. The normalized spacial score (nSPS) is 31.1. The van der Waals surface area contributed by atoms with Crippen molar-refractivity contribution in [2.75, 3.05) is 0 Å². The molecule has 2 heterocycles. The number of fused-ring (bicyclic) bond motifs is 1. The molecular formula is C16H22ClFN2O2. The van der Waals surface area contributed by atoms with Gasteiger partial charge in [-0.05, 0) is 39.2 Å². The largest absolute Gasteiger partial charge is 0.388 e. The Labute approximate surface area is 135 Å². The van der Waals surface area contributed by atoms with Crippen LogP contribution in [-0.4, -0.2) is 33.6 Å². The molecule has 0 radical (unpaired) electrons. The maximum absolute atomic E-state index is 14.3. The van der Waals surface area contributed by atoms with Crippen LogP contribution in [0.5, 0.6) is 0 Å². The van der Waals surface area contributed by atoms with Gasteiger partial charge in [0, 0.05) is 5.56 Å². The van der Waals surface area contributed by atoms with Gasteiger partial charge in [-0.3, -0.25) is 4.79 Å². The molecule has 3 rings (SSSR count). The number of halogens is 2. The van der Waals surface area contributed by atoms with Gasteiger partial charge >= 0.3 is 0 Å². The van der Waals surface area contributed by atoms with Crippen LogP contribution in [0.4, 0.5) is 4.39 Å². The lowest BCUT2D eigenvalue weighted by Crippen LogP contribution is -2.52. The van der Waals surface area contributed by atoms with E-state index in [9.17, 15) is 14.3 Å². The molecule has 2 fully saturated rings. The molecule has 0 unspecified atom stereocenters. The smallest absolute Gasteiger partial charge is 0.240 e. The first-order valence-electron chi connectivity index (χ1n) is 7.33. The monoisotopic (exact) mass is 328 g/mol. The molecule has 4 nitrogen and oxygen atoms in total. The first-order valence-corrected chi connectivity index (χ1v) is 7.33. The highest BCUT2D eigenvalue weighted by molar-refractivity contribution is 5.86. The highest BCUT2D eigenvalue weighted by Gasteiger charge is 2.60. The minimum Gasteiger partial charge on any atom is -0.388 e. The Hall–Kier alpha value is -1.17. The van der Waals surface area contributed by atoms with Crippen LogP contribution in [0.15, 0.2) is 24.3 Å². The third-order valence-corrected chi connectivity index (χ3v) is 4.91. The van der Waals surface area contributed by atoms with Gasteiger partial charge in [0.1, 0.15) is 5.82 Å². The molecule has 0 saturated carbocycles. The summed E-state index contributed by atoms with van der Waals surface area (Å²) in [5, 5.41) is 10.4. The van der Waals surface area contributed by atoms with Gasteiger partial charge in [-0.1, -0.05) is 18.2 Å². The lowest BCUT2D eigenvalue weighted by Gasteiger charge is -2.39. The maximum atomic E-state index is 14.3. The van der Waals surface area contributed by atoms with E-state index in [1.807, 2.05) is 0 Å². The van der Waals surface area contributed by atoms with E-state index in [0.717, 1.165) is 0 Å². The number of rotatable bonds is 2. The van der Waals surface area contributed by atoms with E-state index in [1.54, 1.807) is 36.9 Å². The van der Waals surface area contributed by atoms with E-state index in [1.165, 1.54) is 6.07 Å². The van der Waals surface area contributed by atoms with Crippen LogP contribution in [0.2, 0.25) is 0 Å². The van der Waals surface area contributed by atoms with Crippen LogP contribution in [0.3, 0.4) is 0 Å². The quantitative estimate of drug-likeness (QED) is 0.872. The molecule has 3 atom stereocenters. The van der Waals surface area contributed by atoms with Crippen LogP contribution < -0.4 is 5.73 Å². The molecular weight excluding hydrogens is 307 g/mol. The molecule has 22 heavy (non-hydrogen) atoms. The fraction of sp³-hybridized carbons (Fsp3) is 0.562. The molecule has 0 aromatic heterocycles. The van der Waals surface area contributed by atoms with Crippen molar-refractivity contribution in [3.05, 3.63) is 35.6 Å². The average Bonchev–Trinajstić information content (AvgIpc) is 2.88. The van der Waals surface area contributed by atoms with Crippen LogP contribution in [0.1, 0.15) is 38.7 Å². The molecule has 6 heteroatoms. The van der Waals surface area contributed by atoms with Gasteiger partial charge in [0.2, 0.25) is 5.91 Å². The predicted molar refractivity (Wildman–Crippen MR) is 84.1 cm³/mol. The summed E-state index contributed by atoms with van der Waals surface area (Å²) in [7, 11) is 0. The summed E-state index contributed by atoms with van der Waals surface area (Å²) in [5.41, 5.74) is 4.71. The third kappa shape index (κ3) is 2.32. The number of hydrogen-bond acceptors (Lipinski definition) is 3. The fourth-order valence-electron chi connectivity index (χ4n) is 4.00. The molecule has 0 spiro atoms. The van der Waals surface area contributed by atoms with Crippen LogP contribution in [0, 0.1) is 5.82 Å². The number of benzene rings is 1. The van der Waals surface area contributed by atoms with Gasteiger partial charge in [-0.15, -0.1) is 12.4 Å². The Bertz CT molecular complexity index is 590. The fourth-order valence-corrected chi connectivity index (χ4v) is 4.00. The molecule has 0 bridgehead atoms. The summed E-state index contributed by atoms with van der Waals surface area (Å²) in [6.07, 6.45) is 1.68. The summed E-state index contributed by atoms with van der Waals surface area (Å²) in [5.74, 6) is -0.510. The third-order valence-electron chi connectivity index (χ3n) is 4.91. The number of hydrogen-bond donors (Lipinski definition) is 2. The number of nitrogens with zero attached hydrogens (tertiary/aromatic N) is 1. The number of nitrogens with two attached hydrogens (primary N) is 1. The van der Waals surface area contributed by atoms with Crippen molar-refractivity contribution >= 4 is 18.3 Å². The molecule has 0 aliphatic carbocycles. The summed E-state index contributed by atoms with van der Waals surface area (Å²) < 4.78 is 14.3. The topological polar surface area (TPSA) is 66.6 Å². The van der Waals surface area contributed by atoms with Gasteiger partial charge in [-0.2, -0.15) is 0 Å². The van der Waals surface area contributed by atoms with Crippen molar-refractivity contribution in [2.45, 2.75) is 56.3 Å². The molecule has 122 valence electrons. The molecule has 2 aliphatic rings. The Balaban J connectivity index is 0.00000176.